The molecule has 1 aromatic carbocycles. The number of hydrogen-bond donors (Lipinski definition) is 1. The van der Waals surface area contributed by atoms with Crippen molar-refractivity contribution in [1.29, 1.82) is 0 Å². The van der Waals surface area contributed by atoms with E-state index in [-0.39, 0.29) is 0 Å². The van der Waals surface area contributed by atoms with Gasteiger partial charge in [0.2, 0.25) is 0 Å². The molecule has 0 radical (unpaired) electrons. The number of H-pyrrole nitrogens is 1. The molecule has 2 aromatic heterocycles. The standard InChI is InChI=1S/C20H21N3O/c1-23-11-8-14(9-12-23)18-13-17-15(7-10-21-20(17)22-18)16-5-3-4-6-19(16)24-2/h3-8,10,13H,9,11-12H2,1-2H3,(H,21,22). The molecule has 3 aromatic rings. The van der Waals surface area contributed by atoms with E-state index in [2.05, 4.69) is 46.2 Å². The molecule has 1 N–H and O–H groups in total. The molecule has 0 unspecified atom stereocenters. The molecule has 24 heavy (non-hydrogen) atoms. The van der Waals surface area contributed by atoms with E-state index in [0.29, 0.717) is 0 Å². The van der Waals surface area contributed by atoms with E-state index < -0.39 is 0 Å². The number of nitrogens with zero attached hydrogens (tertiary/aromatic N) is 2. The van der Waals surface area contributed by atoms with Gasteiger partial charge in [-0.1, -0.05) is 24.3 Å². The fraction of sp³-hybridized carbons (Fsp3) is 0.250. The predicted octanol–water partition coefficient (Wildman–Crippen LogP) is 3.96. The Balaban J connectivity index is 1.84. The maximum absolute atomic E-state index is 5.54. The molecular formula is C20H21N3O. The molecule has 0 saturated heterocycles. The lowest BCUT2D eigenvalue weighted by molar-refractivity contribution is 0.370. The zero-order valence-electron chi connectivity index (χ0n) is 14.0. The number of pyridine rings is 1. The summed E-state index contributed by atoms with van der Waals surface area (Å²) in [4.78, 5) is 10.3. The summed E-state index contributed by atoms with van der Waals surface area (Å²) < 4.78 is 5.54. The van der Waals surface area contributed by atoms with Crippen molar-refractivity contribution >= 4 is 16.6 Å². The number of hydrogen-bond acceptors (Lipinski definition) is 3. The van der Waals surface area contributed by atoms with Gasteiger partial charge in [0.15, 0.2) is 0 Å². The Morgan fingerprint density at radius 3 is 2.83 bits per heavy atom. The third-order valence-corrected chi connectivity index (χ3v) is 4.69. The maximum Gasteiger partial charge on any atom is 0.138 e. The first-order valence-electron chi connectivity index (χ1n) is 8.25. The third kappa shape index (κ3) is 2.59. The van der Waals surface area contributed by atoms with E-state index in [0.717, 1.165) is 47.4 Å². The quantitative estimate of drug-likeness (QED) is 0.794. The van der Waals surface area contributed by atoms with Gasteiger partial charge in [-0.25, -0.2) is 4.98 Å². The summed E-state index contributed by atoms with van der Waals surface area (Å²) >= 11 is 0. The highest BCUT2D eigenvalue weighted by Gasteiger charge is 2.15. The van der Waals surface area contributed by atoms with Crippen LogP contribution in [0.25, 0.3) is 27.7 Å². The van der Waals surface area contributed by atoms with Crippen molar-refractivity contribution in [3.05, 3.63) is 54.4 Å². The van der Waals surface area contributed by atoms with E-state index >= 15 is 0 Å². The SMILES string of the molecule is COc1ccccc1-c1ccnc2[nH]c(C3=CCN(C)CC3)cc12. The van der Waals surface area contributed by atoms with Crippen LogP contribution < -0.4 is 4.74 Å². The first kappa shape index (κ1) is 15.0. The second-order valence-electron chi connectivity index (χ2n) is 6.25. The van der Waals surface area contributed by atoms with Crippen LogP contribution in [-0.4, -0.2) is 42.1 Å². The molecule has 4 rings (SSSR count). The molecule has 0 amide bonds. The van der Waals surface area contributed by atoms with E-state index in [1.807, 2.05) is 24.4 Å². The summed E-state index contributed by atoms with van der Waals surface area (Å²) in [5, 5.41) is 1.14. The van der Waals surface area contributed by atoms with Crippen molar-refractivity contribution in [2.45, 2.75) is 6.42 Å². The Kier molecular flexibility index (Phi) is 3.82. The minimum absolute atomic E-state index is 0.881. The number of ether oxygens (including phenoxy) is 1. The fourth-order valence-corrected chi connectivity index (χ4v) is 3.32. The van der Waals surface area contributed by atoms with Crippen molar-refractivity contribution in [2.75, 3.05) is 27.2 Å². The molecule has 0 aliphatic carbocycles. The smallest absolute Gasteiger partial charge is 0.138 e. The number of nitrogens with one attached hydrogen (secondary N) is 1. The van der Waals surface area contributed by atoms with Crippen LogP contribution in [0.2, 0.25) is 0 Å². The summed E-state index contributed by atoms with van der Waals surface area (Å²) in [6, 6.07) is 12.4. The molecule has 0 bridgehead atoms. The molecule has 0 fully saturated rings. The van der Waals surface area contributed by atoms with Gasteiger partial charge >= 0.3 is 0 Å². The molecule has 0 atom stereocenters. The molecule has 4 nitrogen and oxygen atoms in total. The van der Waals surface area contributed by atoms with Crippen LogP contribution in [0.5, 0.6) is 5.75 Å². The van der Waals surface area contributed by atoms with Gasteiger partial charge in [-0.3, -0.25) is 0 Å². The normalized spacial score (nSPS) is 15.5. The van der Waals surface area contributed by atoms with E-state index in [1.54, 1.807) is 7.11 Å². The highest BCUT2D eigenvalue weighted by atomic mass is 16.5. The molecule has 1 aliphatic rings. The van der Waals surface area contributed by atoms with Gasteiger partial charge in [-0.15, -0.1) is 0 Å². The molecule has 0 spiro atoms. The van der Waals surface area contributed by atoms with Crippen molar-refractivity contribution in [2.24, 2.45) is 0 Å². The average Bonchev–Trinajstić information content (AvgIpc) is 3.06. The molecular weight excluding hydrogens is 298 g/mol. The highest BCUT2D eigenvalue weighted by molar-refractivity contribution is 5.96. The van der Waals surface area contributed by atoms with Gasteiger partial charge < -0.3 is 14.6 Å². The van der Waals surface area contributed by atoms with Crippen LogP contribution >= 0.6 is 0 Å². The molecule has 1 aliphatic heterocycles. The Hall–Kier alpha value is -2.59. The van der Waals surface area contributed by atoms with E-state index in [1.165, 1.54) is 11.3 Å². The Morgan fingerprint density at radius 1 is 1.17 bits per heavy atom. The fourth-order valence-electron chi connectivity index (χ4n) is 3.32. The number of aromatic nitrogens is 2. The number of rotatable bonds is 3. The summed E-state index contributed by atoms with van der Waals surface area (Å²) in [5.74, 6) is 0.881. The molecule has 3 heterocycles. The first-order chi connectivity index (χ1) is 11.8. The van der Waals surface area contributed by atoms with Crippen LogP contribution in [0.15, 0.2) is 48.7 Å². The average molecular weight is 319 g/mol. The maximum atomic E-state index is 5.54. The molecule has 122 valence electrons. The van der Waals surface area contributed by atoms with Crippen molar-refractivity contribution < 1.29 is 4.74 Å². The minimum atomic E-state index is 0.881. The van der Waals surface area contributed by atoms with Crippen molar-refractivity contribution in [3.63, 3.8) is 0 Å². The minimum Gasteiger partial charge on any atom is -0.496 e. The summed E-state index contributed by atoms with van der Waals surface area (Å²) in [6.45, 7) is 2.09. The number of aromatic amines is 1. The lowest BCUT2D eigenvalue weighted by Crippen LogP contribution is -2.23. The van der Waals surface area contributed by atoms with Crippen LogP contribution in [0.4, 0.5) is 0 Å². The third-order valence-electron chi connectivity index (χ3n) is 4.69. The van der Waals surface area contributed by atoms with Crippen molar-refractivity contribution in [1.82, 2.24) is 14.9 Å². The van der Waals surface area contributed by atoms with Gasteiger partial charge in [-0.05, 0) is 42.8 Å². The summed E-state index contributed by atoms with van der Waals surface area (Å²) in [6.07, 6.45) is 5.22. The van der Waals surface area contributed by atoms with Crippen LogP contribution in [0.3, 0.4) is 0 Å². The van der Waals surface area contributed by atoms with Gasteiger partial charge in [0.25, 0.3) is 0 Å². The zero-order valence-corrected chi connectivity index (χ0v) is 14.0. The lowest BCUT2D eigenvalue weighted by atomic mass is 10.0. The monoisotopic (exact) mass is 319 g/mol. The lowest BCUT2D eigenvalue weighted by Gasteiger charge is -2.21. The number of methoxy groups -OCH3 is 1. The van der Waals surface area contributed by atoms with Gasteiger partial charge in [0.1, 0.15) is 11.4 Å². The number of fused-ring (bicyclic) bond motifs is 1. The van der Waals surface area contributed by atoms with Gasteiger partial charge in [0, 0.05) is 35.9 Å². The summed E-state index contributed by atoms with van der Waals surface area (Å²) in [7, 11) is 3.86. The number of benzene rings is 1. The van der Waals surface area contributed by atoms with Gasteiger partial charge in [-0.2, -0.15) is 0 Å². The molecule has 0 saturated carbocycles. The highest BCUT2D eigenvalue weighted by Crippen LogP contribution is 2.35. The van der Waals surface area contributed by atoms with Crippen LogP contribution in [0, 0.1) is 0 Å². The van der Waals surface area contributed by atoms with E-state index in [4.69, 9.17) is 4.74 Å². The number of likely N-dealkylation sites (N-methyl/N-ethyl adjacent to an activating group) is 1. The van der Waals surface area contributed by atoms with E-state index in [9.17, 15) is 0 Å². The van der Waals surface area contributed by atoms with Gasteiger partial charge in [0.05, 0.1) is 7.11 Å². The second-order valence-corrected chi connectivity index (χ2v) is 6.25. The molecule has 4 heteroatoms. The Bertz CT molecular complexity index is 910. The van der Waals surface area contributed by atoms with Crippen molar-refractivity contribution in [3.8, 4) is 16.9 Å². The van der Waals surface area contributed by atoms with Crippen LogP contribution in [0.1, 0.15) is 12.1 Å². The first-order valence-corrected chi connectivity index (χ1v) is 8.25. The predicted molar refractivity (Wildman–Crippen MR) is 98.2 cm³/mol. The Morgan fingerprint density at radius 2 is 2.04 bits per heavy atom. The number of para-hydroxylation sites is 1. The topological polar surface area (TPSA) is 41.1 Å². The second kappa shape index (κ2) is 6.13. The zero-order chi connectivity index (χ0) is 16.5. The largest absolute Gasteiger partial charge is 0.496 e. The van der Waals surface area contributed by atoms with Crippen LogP contribution in [-0.2, 0) is 0 Å². The summed E-state index contributed by atoms with van der Waals surface area (Å²) in [5.41, 5.74) is 5.71. The Labute approximate surface area is 141 Å².